The normalized spacial score (nSPS) is 10.9. The molecule has 0 saturated carbocycles. The number of aromatic nitrogens is 1. The second kappa shape index (κ2) is 6.91. The molecule has 2 aromatic carbocycles. The molecule has 3 aromatic rings. The van der Waals surface area contributed by atoms with Gasteiger partial charge in [-0.05, 0) is 48.9 Å². The molecular weight excluding hydrogens is 302 g/mol. The molecule has 1 amide bonds. The van der Waals surface area contributed by atoms with Crippen molar-refractivity contribution in [3.05, 3.63) is 71.4 Å². The number of fused-ring (bicyclic) bond motifs is 1. The van der Waals surface area contributed by atoms with Crippen LogP contribution >= 0.6 is 0 Å². The number of hydrogen-bond donors (Lipinski definition) is 1. The second-order valence-corrected chi connectivity index (χ2v) is 5.30. The SMILES string of the molecule is COc1ccc(/C=N\NC(=O)c2cc(C)nc3ccccc23)cc1. The first kappa shape index (κ1) is 15.7. The van der Waals surface area contributed by atoms with Gasteiger partial charge >= 0.3 is 0 Å². The average molecular weight is 319 g/mol. The van der Waals surface area contributed by atoms with E-state index in [-0.39, 0.29) is 5.91 Å². The van der Waals surface area contributed by atoms with Crippen molar-refractivity contribution in [3.8, 4) is 5.75 Å². The monoisotopic (exact) mass is 319 g/mol. The zero-order valence-electron chi connectivity index (χ0n) is 13.5. The lowest BCUT2D eigenvalue weighted by Crippen LogP contribution is -2.18. The quantitative estimate of drug-likeness (QED) is 0.593. The first-order valence-corrected chi connectivity index (χ1v) is 7.51. The standard InChI is InChI=1S/C19H17N3O2/c1-13-11-17(16-5-3-4-6-18(16)21-13)19(23)22-20-12-14-7-9-15(24-2)10-8-14/h3-12H,1-2H3,(H,22,23)/b20-12-. The van der Waals surface area contributed by atoms with Crippen LogP contribution in [-0.4, -0.2) is 24.2 Å². The minimum atomic E-state index is -0.263. The summed E-state index contributed by atoms with van der Waals surface area (Å²) in [5, 5.41) is 4.83. The topological polar surface area (TPSA) is 63.6 Å². The molecule has 1 aromatic heterocycles. The molecule has 0 aliphatic carbocycles. The summed E-state index contributed by atoms with van der Waals surface area (Å²) >= 11 is 0. The maximum absolute atomic E-state index is 12.4. The lowest BCUT2D eigenvalue weighted by atomic mass is 10.1. The zero-order chi connectivity index (χ0) is 16.9. The van der Waals surface area contributed by atoms with Crippen LogP contribution in [0.3, 0.4) is 0 Å². The highest BCUT2D eigenvalue weighted by Crippen LogP contribution is 2.18. The Morgan fingerprint density at radius 1 is 1.17 bits per heavy atom. The van der Waals surface area contributed by atoms with E-state index in [9.17, 15) is 4.79 Å². The van der Waals surface area contributed by atoms with Gasteiger partial charge in [-0.25, -0.2) is 5.43 Å². The van der Waals surface area contributed by atoms with Crippen molar-refractivity contribution in [2.45, 2.75) is 6.92 Å². The van der Waals surface area contributed by atoms with Gasteiger partial charge in [0.1, 0.15) is 5.75 Å². The Hall–Kier alpha value is -3.21. The third kappa shape index (κ3) is 3.41. The van der Waals surface area contributed by atoms with Crippen LogP contribution < -0.4 is 10.2 Å². The number of ether oxygens (including phenoxy) is 1. The van der Waals surface area contributed by atoms with E-state index in [1.54, 1.807) is 19.4 Å². The number of nitrogens with one attached hydrogen (secondary N) is 1. The predicted molar refractivity (Wildman–Crippen MR) is 94.5 cm³/mol. The van der Waals surface area contributed by atoms with E-state index in [1.165, 1.54) is 0 Å². The number of hydrazone groups is 1. The summed E-state index contributed by atoms with van der Waals surface area (Å²) < 4.78 is 5.10. The smallest absolute Gasteiger partial charge is 0.272 e. The van der Waals surface area contributed by atoms with Crippen molar-refractivity contribution in [3.63, 3.8) is 0 Å². The number of amides is 1. The molecule has 0 saturated heterocycles. The van der Waals surface area contributed by atoms with Gasteiger partial charge in [-0.3, -0.25) is 9.78 Å². The van der Waals surface area contributed by atoms with Crippen molar-refractivity contribution in [1.82, 2.24) is 10.4 Å². The summed E-state index contributed by atoms with van der Waals surface area (Å²) in [4.78, 5) is 16.9. The first-order chi connectivity index (χ1) is 11.7. The highest BCUT2D eigenvalue weighted by atomic mass is 16.5. The summed E-state index contributed by atoms with van der Waals surface area (Å²) in [7, 11) is 1.62. The molecule has 0 fully saturated rings. The zero-order valence-corrected chi connectivity index (χ0v) is 13.5. The molecule has 0 radical (unpaired) electrons. The van der Waals surface area contributed by atoms with Crippen molar-refractivity contribution in [1.29, 1.82) is 0 Å². The summed E-state index contributed by atoms with van der Waals surface area (Å²) in [5.41, 5.74) is 5.58. The van der Waals surface area contributed by atoms with Gasteiger partial charge in [0.05, 0.1) is 24.4 Å². The number of benzene rings is 2. The van der Waals surface area contributed by atoms with E-state index in [0.29, 0.717) is 5.56 Å². The Balaban J connectivity index is 1.78. The maximum Gasteiger partial charge on any atom is 0.272 e. The Kier molecular flexibility index (Phi) is 4.52. The van der Waals surface area contributed by atoms with Gasteiger partial charge in [0, 0.05) is 11.1 Å². The summed E-state index contributed by atoms with van der Waals surface area (Å²) in [6.07, 6.45) is 1.59. The minimum absolute atomic E-state index is 0.263. The van der Waals surface area contributed by atoms with Gasteiger partial charge < -0.3 is 4.74 Å². The van der Waals surface area contributed by atoms with Gasteiger partial charge in [0.25, 0.3) is 5.91 Å². The van der Waals surface area contributed by atoms with Crippen LogP contribution in [0.4, 0.5) is 0 Å². The summed E-state index contributed by atoms with van der Waals surface area (Å²) in [6, 6.07) is 16.7. The molecule has 1 N–H and O–H groups in total. The van der Waals surface area contributed by atoms with Crippen molar-refractivity contribution >= 4 is 23.0 Å². The lowest BCUT2D eigenvalue weighted by molar-refractivity contribution is 0.0956. The fraction of sp³-hybridized carbons (Fsp3) is 0.105. The van der Waals surface area contributed by atoms with E-state index in [4.69, 9.17) is 4.74 Å². The largest absolute Gasteiger partial charge is 0.497 e. The number of aryl methyl sites for hydroxylation is 1. The molecule has 0 aliphatic heterocycles. The van der Waals surface area contributed by atoms with Gasteiger partial charge in [0.2, 0.25) is 0 Å². The molecule has 3 rings (SSSR count). The van der Waals surface area contributed by atoms with Crippen LogP contribution in [0.25, 0.3) is 10.9 Å². The highest BCUT2D eigenvalue weighted by molar-refractivity contribution is 6.06. The van der Waals surface area contributed by atoms with E-state index < -0.39 is 0 Å². The Morgan fingerprint density at radius 3 is 2.67 bits per heavy atom. The third-order valence-electron chi connectivity index (χ3n) is 3.58. The molecule has 0 unspecified atom stereocenters. The molecule has 5 nitrogen and oxygen atoms in total. The number of pyridine rings is 1. The molecule has 5 heteroatoms. The van der Waals surface area contributed by atoms with Gasteiger partial charge in [0.15, 0.2) is 0 Å². The van der Waals surface area contributed by atoms with Crippen LogP contribution in [0.2, 0.25) is 0 Å². The molecule has 1 heterocycles. The molecule has 24 heavy (non-hydrogen) atoms. The van der Waals surface area contributed by atoms with Crippen LogP contribution in [0, 0.1) is 6.92 Å². The molecular formula is C19H17N3O2. The molecule has 120 valence electrons. The number of carbonyl (C=O) groups is 1. The average Bonchev–Trinajstić information content (AvgIpc) is 2.61. The minimum Gasteiger partial charge on any atom is -0.497 e. The van der Waals surface area contributed by atoms with E-state index in [0.717, 1.165) is 27.9 Å². The molecule has 0 aliphatic rings. The second-order valence-electron chi connectivity index (χ2n) is 5.30. The Bertz CT molecular complexity index is 902. The lowest BCUT2D eigenvalue weighted by Gasteiger charge is -2.06. The number of nitrogens with zero attached hydrogens (tertiary/aromatic N) is 2. The van der Waals surface area contributed by atoms with E-state index in [1.807, 2.05) is 55.5 Å². The summed E-state index contributed by atoms with van der Waals surface area (Å²) in [6.45, 7) is 1.86. The number of para-hydroxylation sites is 1. The number of methoxy groups -OCH3 is 1. The third-order valence-corrected chi connectivity index (χ3v) is 3.58. The maximum atomic E-state index is 12.4. The molecule has 0 atom stereocenters. The van der Waals surface area contributed by atoms with Gasteiger partial charge in [-0.2, -0.15) is 5.10 Å². The van der Waals surface area contributed by atoms with Crippen molar-refractivity contribution in [2.75, 3.05) is 7.11 Å². The summed E-state index contributed by atoms with van der Waals surface area (Å²) in [5.74, 6) is 0.511. The Morgan fingerprint density at radius 2 is 1.92 bits per heavy atom. The van der Waals surface area contributed by atoms with Crippen LogP contribution in [0.1, 0.15) is 21.6 Å². The van der Waals surface area contributed by atoms with Crippen LogP contribution in [-0.2, 0) is 0 Å². The Labute approximate surface area is 140 Å². The number of rotatable bonds is 4. The van der Waals surface area contributed by atoms with Crippen LogP contribution in [0.5, 0.6) is 5.75 Å². The van der Waals surface area contributed by atoms with Crippen molar-refractivity contribution < 1.29 is 9.53 Å². The van der Waals surface area contributed by atoms with Crippen molar-refractivity contribution in [2.24, 2.45) is 5.10 Å². The predicted octanol–water partition coefficient (Wildman–Crippen LogP) is 3.32. The fourth-order valence-corrected chi connectivity index (χ4v) is 2.41. The first-order valence-electron chi connectivity index (χ1n) is 7.51. The molecule has 0 spiro atoms. The van der Waals surface area contributed by atoms with Gasteiger partial charge in [-0.1, -0.05) is 18.2 Å². The highest BCUT2D eigenvalue weighted by Gasteiger charge is 2.10. The van der Waals surface area contributed by atoms with Crippen LogP contribution in [0.15, 0.2) is 59.7 Å². The fourth-order valence-electron chi connectivity index (χ4n) is 2.41. The van der Waals surface area contributed by atoms with E-state index in [2.05, 4.69) is 15.5 Å². The molecule has 0 bridgehead atoms. The van der Waals surface area contributed by atoms with E-state index >= 15 is 0 Å². The number of carbonyl (C=O) groups excluding carboxylic acids is 1. The number of hydrogen-bond acceptors (Lipinski definition) is 4. The van der Waals surface area contributed by atoms with Gasteiger partial charge in [-0.15, -0.1) is 0 Å².